The van der Waals surface area contributed by atoms with Gasteiger partial charge in [0.15, 0.2) is 0 Å². The van der Waals surface area contributed by atoms with E-state index in [0.29, 0.717) is 0 Å². The Balaban J connectivity index is 2.00. The molecule has 2 aromatic carbocycles. The first-order chi connectivity index (χ1) is 9.95. The molecule has 1 N–H and O–H groups in total. The SMILES string of the molecule is Cc1ccc(NC(=O)C(C)Sc2ccc(C)cc2C)cc1. The van der Waals surface area contributed by atoms with E-state index in [1.165, 1.54) is 16.7 Å². The fourth-order valence-corrected chi connectivity index (χ4v) is 2.99. The average molecular weight is 299 g/mol. The second-order valence-electron chi connectivity index (χ2n) is 5.38. The van der Waals surface area contributed by atoms with Gasteiger partial charge in [-0.1, -0.05) is 35.4 Å². The van der Waals surface area contributed by atoms with Crippen LogP contribution in [0.25, 0.3) is 0 Å². The van der Waals surface area contributed by atoms with Gasteiger partial charge in [-0.3, -0.25) is 4.79 Å². The lowest BCUT2D eigenvalue weighted by molar-refractivity contribution is -0.115. The molecule has 21 heavy (non-hydrogen) atoms. The van der Waals surface area contributed by atoms with Gasteiger partial charge in [0, 0.05) is 10.6 Å². The molecule has 0 aromatic heterocycles. The van der Waals surface area contributed by atoms with Crippen LogP contribution in [0.15, 0.2) is 47.4 Å². The quantitative estimate of drug-likeness (QED) is 0.827. The van der Waals surface area contributed by atoms with Crippen molar-refractivity contribution in [2.24, 2.45) is 0 Å². The number of hydrogen-bond donors (Lipinski definition) is 1. The Morgan fingerprint density at radius 2 is 1.62 bits per heavy atom. The number of benzene rings is 2. The third-order valence-corrected chi connectivity index (χ3v) is 4.60. The van der Waals surface area contributed by atoms with Crippen molar-refractivity contribution in [2.75, 3.05) is 5.32 Å². The van der Waals surface area contributed by atoms with Crippen LogP contribution in [0.2, 0.25) is 0 Å². The number of carbonyl (C=O) groups excluding carboxylic acids is 1. The maximum atomic E-state index is 12.2. The summed E-state index contributed by atoms with van der Waals surface area (Å²) in [5.41, 5.74) is 4.49. The van der Waals surface area contributed by atoms with Crippen LogP contribution in [-0.2, 0) is 4.79 Å². The number of aryl methyl sites for hydroxylation is 3. The Labute approximate surface area is 131 Å². The minimum atomic E-state index is -0.132. The summed E-state index contributed by atoms with van der Waals surface area (Å²) >= 11 is 1.60. The molecule has 1 unspecified atom stereocenters. The topological polar surface area (TPSA) is 29.1 Å². The Kier molecular flexibility index (Phi) is 5.07. The molecule has 0 heterocycles. The van der Waals surface area contributed by atoms with Crippen molar-refractivity contribution in [3.63, 3.8) is 0 Å². The Morgan fingerprint density at radius 1 is 1.00 bits per heavy atom. The summed E-state index contributed by atoms with van der Waals surface area (Å²) in [5.74, 6) is 0.0313. The maximum Gasteiger partial charge on any atom is 0.237 e. The van der Waals surface area contributed by atoms with Crippen molar-refractivity contribution in [2.45, 2.75) is 37.8 Å². The Bertz CT molecular complexity index is 634. The molecule has 3 heteroatoms. The van der Waals surface area contributed by atoms with Gasteiger partial charge >= 0.3 is 0 Å². The lowest BCUT2D eigenvalue weighted by atomic mass is 10.2. The molecule has 1 amide bonds. The summed E-state index contributed by atoms with van der Waals surface area (Å²) in [5, 5.41) is 2.83. The van der Waals surface area contributed by atoms with Crippen LogP contribution in [0.3, 0.4) is 0 Å². The summed E-state index contributed by atoms with van der Waals surface area (Å²) in [6.07, 6.45) is 0. The van der Waals surface area contributed by atoms with Crippen molar-refractivity contribution >= 4 is 23.4 Å². The Hall–Kier alpha value is -1.74. The molecule has 1 atom stereocenters. The van der Waals surface area contributed by atoms with E-state index in [4.69, 9.17) is 0 Å². The van der Waals surface area contributed by atoms with E-state index >= 15 is 0 Å². The van der Waals surface area contributed by atoms with E-state index in [9.17, 15) is 4.79 Å². The van der Waals surface area contributed by atoms with Crippen LogP contribution >= 0.6 is 11.8 Å². The Morgan fingerprint density at radius 3 is 2.24 bits per heavy atom. The predicted octanol–water partition coefficient (Wildman–Crippen LogP) is 4.73. The van der Waals surface area contributed by atoms with E-state index < -0.39 is 0 Å². The summed E-state index contributed by atoms with van der Waals surface area (Å²) in [6.45, 7) is 8.13. The summed E-state index contributed by atoms with van der Waals surface area (Å²) in [7, 11) is 0. The number of rotatable bonds is 4. The first-order valence-corrected chi connectivity index (χ1v) is 7.95. The number of thioether (sulfide) groups is 1. The molecular weight excluding hydrogens is 278 g/mol. The first kappa shape index (κ1) is 15.6. The first-order valence-electron chi connectivity index (χ1n) is 7.07. The monoisotopic (exact) mass is 299 g/mol. The number of nitrogens with one attached hydrogen (secondary N) is 1. The molecule has 2 nitrogen and oxygen atoms in total. The van der Waals surface area contributed by atoms with Gasteiger partial charge in [0.1, 0.15) is 0 Å². The molecule has 0 radical (unpaired) electrons. The van der Waals surface area contributed by atoms with Crippen LogP contribution < -0.4 is 5.32 Å². The smallest absolute Gasteiger partial charge is 0.237 e. The van der Waals surface area contributed by atoms with Crippen molar-refractivity contribution in [1.29, 1.82) is 0 Å². The second kappa shape index (κ2) is 6.81. The minimum absolute atomic E-state index is 0.0313. The average Bonchev–Trinajstić information content (AvgIpc) is 2.44. The molecule has 0 aliphatic heterocycles. The molecule has 0 aliphatic rings. The van der Waals surface area contributed by atoms with Crippen molar-refractivity contribution in [3.8, 4) is 0 Å². The third kappa shape index (κ3) is 4.36. The van der Waals surface area contributed by atoms with Crippen LogP contribution in [0.4, 0.5) is 5.69 Å². The minimum Gasteiger partial charge on any atom is -0.325 e. The second-order valence-corrected chi connectivity index (χ2v) is 6.77. The van der Waals surface area contributed by atoms with Gasteiger partial charge in [-0.15, -0.1) is 11.8 Å². The van der Waals surface area contributed by atoms with Crippen LogP contribution in [0.1, 0.15) is 23.6 Å². The van der Waals surface area contributed by atoms with E-state index in [1.54, 1.807) is 11.8 Å². The zero-order valence-corrected chi connectivity index (χ0v) is 13.8. The molecule has 110 valence electrons. The number of amides is 1. The van der Waals surface area contributed by atoms with Gasteiger partial charge in [-0.2, -0.15) is 0 Å². The number of carbonyl (C=O) groups is 1. The molecule has 0 saturated heterocycles. The van der Waals surface area contributed by atoms with Gasteiger partial charge in [-0.05, 0) is 51.5 Å². The van der Waals surface area contributed by atoms with E-state index in [2.05, 4.69) is 37.4 Å². The number of hydrogen-bond acceptors (Lipinski definition) is 2. The van der Waals surface area contributed by atoms with Gasteiger partial charge in [0.05, 0.1) is 5.25 Å². The lowest BCUT2D eigenvalue weighted by Crippen LogP contribution is -2.22. The highest BCUT2D eigenvalue weighted by molar-refractivity contribution is 8.00. The molecule has 2 aromatic rings. The molecule has 0 spiro atoms. The largest absolute Gasteiger partial charge is 0.325 e. The van der Waals surface area contributed by atoms with E-state index in [0.717, 1.165) is 10.6 Å². The molecule has 0 fully saturated rings. The van der Waals surface area contributed by atoms with Crippen molar-refractivity contribution < 1.29 is 4.79 Å². The highest BCUT2D eigenvalue weighted by atomic mass is 32.2. The lowest BCUT2D eigenvalue weighted by Gasteiger charge is -2.14. The van der Waals surface area contributed by atoms with Crippen molar-refractivity contribution in [1.82, 2.24) is 0 Å². The van der Waals surface area contributed by atoms with Gasteiger partial charge in [-0.25, -0.2) is 0 Å². The van der Waals surface area contributed by atoms with Crippen LogP contribution in [-0.4, -0.2) is 11.2 Å². The fourth-order valence-electron chi connectivity index (χ4n) is 2.06. The zero-order chi connectivity index (χ0) is 15.4. The zero-order valence-electron chi connectivity index (χ0n) is 12.9. The molecule has 0 bridgehead atoms. The van der Waals surface area contributed by atoms with E-state index in [1.807, 2.05) is 38.1 Å². The van der Waals surface area contributed by atoms with Crippen molar-refractivity contribution in [3.05, 3.63) is 59.2 Å². The van der Waals surface area contributed by atoms with Crippen LogP contribution in [0, 0.1) is 20.8 Å². The van der Waals surface area contributed by atoms with E-state index in [-0.39, 0.29) is 11.2 Å². The van der Waals surface area contributed by atoms with Crippen LogP contribution in [0.5, 0.6) is 0 Å². The summed E-state index contributed by atoms with van der Waals surface area (Å²) in [4.78, 5) is 13.4. The molecule has 0 aliphatic carbocycles. The molecule has 0 saturated carbocycles. The molecule has 2 rings (SSSR count). The fraction of sp³-hybridized carbons (Fsp3) is 0.278. The normalized spacial score (nSPS) is 12.0. The highest BCUT2D eigenvalue weighted by Crippen LogP contribution is 2.28. The highest BCUT2D eigenvalue weighted by Gasteiger charge is 2.15. The third-order valence-electron chi connectivity index (χ3n) is 3.32. The molecular formula is C18H21NOS. The summed E-state index contributed by atoms with van der Waals surface area (Å²) in [6, 6.07) is 14.2. The predicted molar refractivity (Wildman–Crippen MR) is 91.0 cm³/mol. The van der Waals surface area contributed by atoms with Gasteiger partial charge in [0.2, 0.25) is 5.91 Å². The number of anilines is 1. The maximum absolute atomic E-state index is 12.2. The van der Waals surface area contributed by atoms with Gasteiger partial charge in [0.25, 0.3) is 0 Å². The standard InChI is InChI=1S/C18H21NOS/c1-12-5-8-16(9-6-12)19-18(20)15(4)21-17-10-7-13(2)11-14(17)3/h5-11,15H,1-4H3,(H,19,20). The summed E-state index contributed by atoms with van der Waals surface area (Å²) < 4.78 is 0. The van der Waals surface area contributed by atoms with Gasteiger partial charge < -0.3 is 5.32 Å².